The van der Waals surface area contributed by atoms with Crippen LogP contribution in [0.5, 0.6) is 0 Å². The van der Waals surface area contributed by atoms with Gasteiger partial charge in [0.2, 0.25) is 0 Å². The largest absolute Gasteiger partial charge is 0.393 e. The van der Waals surface area contributed by atoms with Gasteiger partial charge in [-0.05, 0) is 12.8 Å². The molecule has 2 N–H and O–H groups in total. The lowest BCUT2D eigenvalue weighted by Gasteiger charge is -2.27. The Morgan fingerprint density at radius 2 is 2.38 bits per heavy atom. The van der Waals surface area contributed by atoms with Crippen LogP contribution in [0.3, 0.4) is 0 Å². The first-order chi connectivity index (χ1) is 7.77. The van der Waals surface area contributed by atoms with Gasteiger partial charge in [-0.1, -0.05) is 12.8 Å². The lowest BCUT2D eigenvalue weighted by Crippen LogP contribution is -2.36. The van der Waals surface area contributed by atoms with Crippen molar-refractivity contribution in [2.24, 2.45) is 5.92 Å². The van der Waals surface area contributed by atoms with Gasteiger partial charge in [-0.3, -0.25) is 4.79 Å². The molecule has 0 radical (unpaired) electrons. The molecule has 1 fully saturated rings. The zero-order chi connectivity index (χ0) is 11.4. The molecule has 2 unspecified atom stereocenters. The molecular weight excluding hydrogens is 226 g/mol. The van der Waals surface area contributed by atoms with E-state index in [1.165, 1.54) is 6.20 Å². The molecule has 0 saturated heterocycles. The molecule has 0 spiro atoms. The van der Waals surface area contributed by atoms with Crippen molar-refractivity contribution in [1.29, 1.82) is 0 Å². The highest BCUT2D eigenvalue weighted by Crippen LogP contribution is 2.23. The number of hydrogen-bond donors (Lipinski definition) is 2. The minimum Gasteiger partial charge on any atom is -0.393 e. The predicted octanol–water partition coefficient (Wildman–Crippen LogP) is 0.819. The van der Waals surface area contributed by atoms with Crippen molar-refractivity contribution >= 4 is 17.6 Å². The first-order valence-electron chi connectivity index (χ1n) is 5.51. The van der Waals surface area contributed by atoms with E-state index in [-0.39, 0.29) is 17.9 Å². The van der Waals surface area contributed by atoms with Gasteiger partial charge < -0.3 is 10.4 Å². The number of carbonyl (C=O) groups excluding carboxylic acids is 1. The second-order valence-corrected chi connectivity index (χ2v) is 4.67. The van der Waals surface area contributed by atoms with Gasteiger partial charge in [0, 0.05) is 12.5 Å². The third-order valence-corrected chi connectivity index (χ3v) is 3.47. The molecule has 1 aliphatic carbocycles. The number of rotatable bonds is 3. The summed E-state index contributed by atoms with van der Waals surface area (Å²) in [5, 5.41) is 12.5. The monoisotopic (exact) mass is 241 g/mol. The second-order valence-electron chi connectivity index (χ2n) is 4.11. The fourth-order valence-electron chi connectivity index (χ4n) is 2.01. The average molecular weight is 241 g/mol. The molecule has 1 aromatic heterocycles. The third kappa shape index (κ3) is 2.76. The van der Waals surface area contributed by atoms with Gasteiger partial charge in [0.05, 0.1) is 24.0 Å². The number of amides is 1. The Kier molecular flexibility index (Phi) is 3.84. The Morgan fingerprint density at radius 1 is 1.56 bits per heavy atom. The zero-order valence-electron chi connectivity index (χ0n) is 8.93. The van der Waals surface area contributed by atoms with Crippen molar-refractivity contribution in [1.82, 2.24) is 14.1 Å². The fraction of sp³-hybridized carbons (Fsp3) is 0.700. The smallest absolute Gasteiger partial charge is 0.272 e. The summed E-state index contributed by atoms with van der Waals surface area (Å²) in [6.07, 6.45) is 5.23. The van der Waals surface area contributed by atoms with Crippen LogP contribution in [0.25, 0.3) is 0 Å². The van der Waals surface area contributed by atoms with Crippen LogP contribution in [0.1, 0.15) is 36.2 Å². The highest BCUT2D eigenvalue weighted by molar-refractivity contribution is 6.99. The molecule has 1 heterocycles. The Bertz CT molecular complexity index is 342. The van der Waals surface area contributed by atoms with Crippen molar-refractivity contribution in [3.63, 3.8) is 0 Å². The van der Waals surface area contributed by atoms with E-state index in [0.717, 1.165) is 37.4 Å². The topological polar surface area (TPSA) is 75.1 Å². The second kappa shape index (κ2) is 5.36. The molecule has 2 atom stereocenters. The summed E-state index contributed by atoms with van der Waals surface area (Å²) >= 11 is 1.02. The van der Waals surface area contributed by atoms with E-state index >= 15 is 0 Å². The van der Waals surface area contributed by atoms with Crippen LogP contribution >= 0.6 is 11.7 Å². The summed E-state index contributed by atoms with van der Waals surface area (Å²) in [5.41, 5.74) is 0.357. The van der Waals surface area contributed by atoms with E-state index in [9.17, 15) is 9.90 Å². The molecule has 16 heavy (non-hydrogen) atoms. The zero-order valence-corrected chi connectivity index (χ0v) is 9.74. The maximum absolute atomic E-state index is 11.6. The molecule has 0 aliphatic heterocycles. The van der Waals surface area contributed by atoms with Crippen LogP contribution < -0.4 is 5.32 Å². The molecule has 5 nitrogen and oxygen atoms in total. The predicted molar refractivity (Wildman–Crippen MR) is 60.2 cm³/mol. The van der Waals surface area contributed by atoms with Gasteiger partial charge in [-0.25, -0.2) is 0 Å². The van der Waals surface area contributed by atoms with Crippen molar-refractivity contribution in [3.8, 4) is 0 Å². The molecule has 1 amide bonds. The molecule has 1 aliphatic rings. The summed E-state index contributed by atoms with van der Waals surface area (Å²) in [6, 6.07) is 0. The molecule has 1 aromatic rings. The molecule has 0 aromatic carbocycles. The molecule has 0 bridgehead atoms. The van der Waals surface area contributed by atoms with Crippen LogP contribution in [0, 0.1) is 5.92 Å². The molecule has 2 rings (SSSR count). The lowest BCUT2D eigenvalue weighted by atomic mass is 9.86. The Morgan fingerprint density at radius 3 is 3.06 bits per heavy atom. The fourth-order valence-corrected chi connectivity index (χ4v) is 2.42. The average Bonchev–Trinajstić information content (AvgIpc) is 2.81. The third-order valence-electron chi connectivity index (χ3n) is 2.99. The Balaban J connectivity index is 1.80. The van der Waals surface area contributed by atoms with Crippen molar-refractivity contribution in [2.75, 3.05) is 6.54 Å². The van der Waals surface area contributed by atoms with Crippen molar-refractivity contribution in [3.05, 3.63) is 11.9 Å². The summed E-state index contributed by atoms with van der Waals surface area (Å²) in [4.78, 5) is 11.6. The summed E-state index contributed by atoms with van der Waals surface area (Å²) in [7, 11) is 0. The molecular formula is C10H15N3O2S. The number of hydrogen-bond acceptors (Lipinski definition) is 5. The SMILES string of the molecule is O=C(NCC1CCCCC1O)c1cnsn1. The van der Waals surface area contributed by atoms with Crippen LogP contribution in [0.15, 0.2) is 6.20 Å². The summed E-state index contributed by atoms with van der Waals surface area (Å²) in [5.74, 6) is -0.0178. The van der Waals surface area contributed by atoms with E-state index in [0.29, 0.717) is 12.2 Å². The number of aromatic nitrogens is 2. The first-order valence-corrected chi connectivity index (χ1v) is 6.24. The quantitative estimate of drug-likeness (QED) is 0.821. The van der Waals surface area contributed by atoms with Gasteiger partial charge in [0.1, 0.15) is 0 Å². The molecule has 1 saturated carbocycles. The normalized spacial score (nSPS) is 25.3. The van der Waals surface area contributed by atoms with Crippen LogP contribution in [-0.4, -0.2) is 32.4 Å². The van der Waals surface area contributed by atoms with Gasteiger partial charge >= 0.3 is 0 Å². The maximum Gasteiger partial charge on any atom is 0.272 e. The van der Waals surface area contributed by atoms with Gasteiger partial charge in [0.25, 0.3) is 5.91 Å². The number of nitrogens with zero attached hydrogens (tertiary/aromatic N) is 2. The number of carbonyl (C=O) groups is 1. The van der Waals surface area contributed by atoms with E-state index < -0.39 is 0 Å². The number of aliphatic hydroxyl groups excluding tert-OH is 1. The van der Waals surface area contributed by atoms with Crippen LogP contribution in [0.4, 0.5) is 0 Å². The summed E-state index contributed by atoms with van der Waals surface area (Å²) in [6.45, 7) is 0.525. The minimum absolute atomic E-state index is 0.185. The van der Waals surface area contributed by atoms with E-state index in [4.69, 9.17) is 0 Å². The number of aliphatic hydroxyl groups is 1. The molecule has 88 valence electrons. The van der Waals surface area contributed by atoms with Crippen molar-refractivity contribution in [2.45, 2.75) is 31.8 Å². The van der Waals surface area contributed by atoms with Gasteiger partial charge in [-0.2, -0.15) is 8.75 Å². The lowest BCUT2D eigenvalue weighted by molar-refractivity contribution is 0.0662. The minimum atomic E-state index is -0.275. The number of nitrogens with one attached hydrogen (secondary N) is 1. The van der Waals surface area contributed by atoms with Crippen molar-refractivity contribution < 1.29 is 9.90 Å². The van der Waals surface area contributed by atoms with E-state index in [2.05, 4.69) is 14.1 Å². The molecule has 6 heteroatoms. The standard InChI is InChI=1S/C10H15N3O2S/c14-9-4-2-1-3-7(9)5-11-10(15)8-6-12-16-13-8/h6-7,9,14H,1-5H2,(H,11,15). The van der Waals surface area contributed by atoms with Crippen LogP contribution in [-0.2, 0) is 0 Å². The van der Waals surface area contributed by atoms with Gasteiger partial charge in [0.15, 0.2) is 5.69 Å². The highest BCUT2D eigenvalue weighted by Gasteiger charge is 2.23. The Labute approximate surface area is 98.2 Å². The van der Waals surface area contributed by atoms with Crippen LogP contribution in [0.2, 0.25) is 0 Å². The highest BCUT2D eigenvalue weighted by atomic mass is 32.1. The van der Waals surface area contributed by atoms with Gasteiger partial charge in [-0.15, -0.1) is 0 Å². The first kappa shape index (κ1) is 11.5. The van der Waals surface area contributed by atoms with E-state index in [1.807, 2.05) is 0 Å². The summed E-state index contributed by atoms with van der Waals surface area (Å²) < 4.78 is 7.63. The van der Waals surface area contributed by atoms with E-state index in [1.54, 1.807) is 0 Å². The Hall–Kier alpha value is -1.01. The maximum atomic E-state index is 11.6.